The molecule has 0 aliphatic heterocycles. The fourth-order valence-corrected chi connectivity index (χ4v) is 4.27. The number of nitro groups is 1. The summed E-state index contributed by atoms with van der Waals surface area (Å²) >= 11 is 0. The molecule has 2 aromatic rings. The fourth-order valence-electron chi connectivity index (χ4n) is 4.27. The van der Waals surface area contributed by atoms with Gasteiger partial charge in [0.05, 0.1) is 35.4 Å². The lowest BCUT2D eigenvalue weighted by atomic mass is 9.87. The number of carbonyl (C=O) groups excluding carboxylic acids is 2. The Labute approximate surface area is 215 Å². The van der Waals surface area contributed by atoms with Gasteiger partial charge in [-0.15, -0.1) is 5.10 Å². The molecular weight excluding hydrogens is 478 g/mol. The van der Waals surface area contributed by atoms with E-state index in [0.717, 1.165) is 18.4 Å². The lowest BCUT2D eigenvalue weighted by Gasteiger charge is -2.36. The van der Waals surface area contributed by atoms with Crippen molar-refractivity contribution in [2.24, 2.45) is 5.73 Å². The third kappa shape index (κ3) is 7.92. The van der Waals surface area contributed by atoms with Gasteiger partial charge in [-0.3, -0.25) is 19.7 Å². The van der Waals surface area contributed by atoms with Crippen LogP contribution in [0.4, 0.5) is 5.69 Å². The topological polar surface area (TPSA) is 167 Å². The molecule has 4 N–H and O–H groups in total. The molecule has 1 heterocycles. The van der Waals surface area contributed by atoms with Crippen LogP contribution in [0.1, 0.15) is 51.3 Å². The number of aromatic nitrogens is 3. The quantitative estimate of drug-likeness (QED) is 0.284. The number of nitro benzene ring substituents is 1. The van der Waals surface area contributed by atoms with Crippen LogP contribution in [0.5, 0.6) is 0 Å². The Morgan fingerprint density at radius 2 is 1.97 bits per heavy atom. The smallest absolute Gasteiger partial charge is 0.269 e. The van der Waals surface area contributed by atoms with Crippen molar-refractivity contribution < 1.29 is 19.2 Å². The molecule has 0 saturated carbocycles. The van der Waals surface area contributed by atoms with Crippen molar-refractivity contribution in [1.29, 1.82) is 0 Å². The van der Waals surface area contributed by atoms with Crippen molar-refractivity contribution >= 4 is 17.5 Å². The molecule has 0 spiro atoms. The van der Waals surface area contributed by atoms with Gasteiger partial charge in [-0.05, 0) is 30.9 Å². The van der Waals surface area contributed by atoms with Crippen LogP contribution in [-0.4, -0.2) is 62.6 Å². The van der Waals surface area contributed by atoms with Gasteiger partial charge in [0.1, 0.15) is 0 Å². The van der Waals surface area contributed by atoms with Gasteiger partial charge >= 0.3 is 0 Å². The number of benzene rings is 1. The Hall–Kier alpha value is -3.64. The highest BCUT2D eigenvalue weighted by atomic mass is 16.6. The third-order valence-corrected chi connectivity index (χ3v) is 6.30. The van der Waals surface area contributed by atoms with Crippen molar-refractivity contribution in [1.82, 2.24) is 25.6 Å². The molecule has 0 fully saturated rings. The summed E-state index contributed by atoms with van der Waals surface area (Å²) in [6.45, 7) is 6.28. The predicted molar refractivity (Wildman–Crippen MR) is 136 cm³/mol. The van der Waals surface area contributed by atoms with E-state index in [4.69, 9.17) is 10.5 Å². The predicted octanol–water partition coefficient (Wildman–Crippen LogP) is 1.63. The molecule has 2 amide bonds. The Morgan fingerprint density at radius 3 is 2.59 bits per heavy atom. The zero-order chi connectivity index (χ0) is 26.9. The van der Waals surface area contributed by atoms with Gasteiger partial charge < -0.3 is 21.1 Å². The lowest BCUT2D eigenvalue weighted by Crippen LogP contribution is -2.57. The molecular formula is C25H35N7O5. The molecule has 3 rings (SSSR count). The van der Waals surface area contributed by atoms with E-state index in [9.17, 15) is 19.7 Å². The number of hydrogen-bond donors (Lipinski definition) is 3. The first-order valence-electron chi connectivity index (χ1n) is 12.5. The Balaban J connectivity index is 1.56. The van der Waals surface area contributed by atoms with Crippen molar-refractivity contribution in [3.63, 3.8) is 0 Å². The van der Waals surface area contributed by atoms with Gasteiger partial charge in [-0.25, -0.2) is 4.68 Å². The Bertz CT molecular complexity index is 1110. The highest BCUT2D eigenvalue weighted by Gasteiger charge is 2.35. The average Bonchev–Trinajstić information content (AvgIpc) is 3.31. The summed E-state index contributed by atoms with van der Waals surface area (Å²) in [6.07, 6.45) is 5.50. The van der Waals surface area contributed by atoms with Crippen LogP contribution in [0.3, 0.4) is 0 Å². The summed E-state index contributed by atoms with van der Waals surface area (Å²) in [5.74, 6) is -0.422. The van der Waals surface area contributed by atoms with Gasteiger partial charge in [0.2, 0.25) is 11.8 Å². The summed E-state index contributed by atoms with van der Waals surface area (Å²) in [5, 5.41) is 24.8. The number of hydrogen-bond acceptors (Lipinski definition) is 8. The van der Waals surface area contributed by atoms with E-state index in [1.165, 1.54) is 19.1 Å². The second-order valence-electron chi connectivity index (χ2n) is 9.16. The van der Waals surface area contributed by atoms with Gasteiger partial charge in [0.15, 0.2) is 0 Å². The standard InChI is InChI=1S/C25H35N7O5/c1-4-21(5-2)37-23-13-18(12-22(26)24(23)28-16(3)33)25(34)27-11-10-19-15-31(30-29-19)14-17-6-8-20(9-7-17)32(35)36/h6-9,13,15,21-24H,4-5,10-12,14,26H2,1-3H3,(H,27,34)(H,28,33)/t22-,23+,24+/m0/s1. The van der Waals surface area contributed by atoms with Crippen LogP contribution in [0.15, 0.2) is 42.1 Å². The van der Waals surface area contributed by atoms with E-state index >= 15 is 0 Å². The first-order valence-corrected chi connectivity index (χ1v) is 12.5. The maximum absolute atomic E-state index is 12.9. The van der Waals surface area contributed by atoms with Crippen LogP contribution in [-0.2, 0) is 27.3 Å². The maximum Gasteiger partial charge on any atom is 0.269 e. The molecule has 1 aliphatic carbocycles. The molecule has 37 heavy (non-hydrogen) atoms. The number of nitrogens with two attached hydrogens (primary N) is 1. The van der Waals surface area contributed by atoms with Gasteiger partial charge in [-0.2, -0.15) is 0 Å². The summed E-state index contributed by atoms with van der Waals surface area (Å²) in [6, 6.07) is 5.41. The number of non-ortho nitro benzene ring substituents is 1. The second kappa shape index (κ2) is 13.1. The average molecular weight is 514 g/mol. The molecule has 0 unspecified atom stereocenters. The largest absolute Gasteiger partial charge is 0.369 e. The molecule has 1 aromatic heterocycles. The van der Waals surface area contributed by atoms with Crippen LogP contribution < -0.4 is 16.4 Å². The number of ether oxygens (including phenoxy) is 1. The highest BCUT2D eigenvalue weighted by Crippen LogP contribution is 2.23. The van der Waals surface area contributed by atoms with E-state index in [-0.39, 0.29) is 23.6 Å². The third-order valence-electron chi connectivity index (χ3n) is 6.30. The first kappa shape index (κ1) is 27.9. The monoisotopic (exact) mass is 513 g/mol. The first-order chi connectivity index (χ1) is 17.7. The molecule has 12 heteroatoms. The molecule has 0 radical (unpaired) electrons. The summed E-state index contributed by atoms with van der Waals surface area (Å²) in [4.78, 5) is 34.9. The fraction of sp³-hybridized carbons (Fsp3) is 0.520. The maximum atomic E-state index is 12.9. The summed E-state index contributed by atoms with van der Waals surface area (Å²) < 4.78 is 7.83. The molecule has 3 atom stereocenters. The molecule has 1 aromatic carbocycles. The minimum Gasteiger partial charge on any atom is -0.369 e. The van der Waals surface area contributed by atoms with Gasteiger partial charge in [0, 0.05) is 49.8 Å². The zero-order valence-electron chi connectivity index (χ0n) is 21.4. The number of carbonyl (C=O) groups is 2. The van der Waals surface area contributed by atoms with E-state index < -0.39 is 23.1 Å². The SMILES string of the molecule is CCC(CC)O[C@@H]1C=C(C(=O)NCCc2cn(Cc3ccc([N+](=O)[O-])cc3)nn2)C[C@H](N)[C@H]1NC(C)=O. The van der Waals surface area contributed by atoms with Gasteiger partial charge in [0.25, 0.3) is 5.69 Å². The number of nitrogens with zero attached hydrogens (tertiary/aromatic N) is 4. The Kier molecular flexibility index (Phi) is 9.86. The normalized spacial score (nSPS) is 19.4. The number of nitrogens with one attached hydrogen (secondary N) is 2. The van der Waals surface area contributed by atoms with Crippen molar-refractivity contribution in [3.05, 3.63) is 63.5 Å². The Morgan fingerprint density at radius 1 is 1.27 bits per heavy atom. The van der Waals surface area contributed by atoms with Crippen molar-refractivity contribution in [2.45, 2.75) is 77.3 Å². The summed E-state index contributed by atoms with van der Waals surface area (Å²) in [5.41, 5.74) is 8.48. The van der Waals surface area contributed by atoms with E-state index in [1.54, 1.807) is 29.1 Å². The number of amides is 2. The minimum atomic E-state index is -0.488. The van der Waals surface area contributed by atoms with Crippen molar-refractivity contribution in [2.75, 3.05) is 6.54 Å². The van der Waals surface area contributed by atoms with E-state index in [1.807, 2.05) is 13.8 Å². The molecule has 200 valence electrons. The molecule has 0 saturated heterocycles. The second-order valence-corrected chi connectivity index (χ2v) is 9.16. The van der Waals surface area contributed by atoms with E-state index in [2.05, 4.69) is 20.9 Å². The minimum absolute atomic E-state index is 0.000680. The van der Waals surface area contributed by atoms with Crippen LogP contribution in [0.2, 0.25) is 0 Å². The molecule has 12 nitrogen and oxygen atoms in total. The highest BCUT2D eigenvalue weighted by molar-refractivity contribution is 5.94. The van der Waals surface area contributed by atoms with Crippen LogP contribution in [0, 0.1) is 10.1 Å². The molecule has 1 aliphatic rings. The van der Waals surface area contributed by atoms with Gasteiger partial charge in [-0.1, -0.05) is 31.2 Å². The van der Waals surface area contributed by atoms with Crippen molar-refractivity contribution in [3.8, 4) is 0 Å². The number of rotatable bonds is 12. The molecule has 0 bridgehead atoms. The summed E-state index contributed by atoms with van der Waals surface area (Å²) in [7, 11) is 0. The van der Waals surface area contributed by atoms with Crippen LogP contribution >= 0.6 is 0 Å². The van der Waals surface area contributed by atoms with Crippen LogP contribution in [0.25, 0.3) is 0 Å². The van der Waals surface area contributed by atoms with E-state index in [0.29, 0.717) is 37.2 Å². The zero-order valence-corrected chi connectivity index (χ0v) is 21.4. The lowest BCUT2D eigenvalue weighted by molar-refractivity contribution is -0.384.